The lowest BCUT2D eigenvalue weighted by Crippen LogP contribution is -2.36. The third-order valence-corrected chi connectivity index (χ3v) is 5.88. The molecular formula is C14H23NO3S. The Labute approximate surface area is 118 Å². The fourth-order valence-corrected chi connectivity index (χ4v) is 4.10. The molecule has 1 heterocycles. The number of carboxylic acids is 1. The normalized spacial score (nSPS) is 32.5. The number of rotatable bonds is 2. The number of hydrogen-bond donors (Lipinski definition) is 1. The number of thioether (sulfide) groups is 1. The minimum atomic E-state index is -0.840. The Balaban J connectivity index is 2.03. The van der Waals surface area contributed by atoms with Crippen LogP contribution in [-0.2, 0) is 9.59 Å². The zero-order valence-electron chi connectivity index (χ0n) is 12.1. The molecule has 0 aromatic heterocycles. The van der Waals surface area contributed by atoms with Gasteiger partial charge in [-0.2, -0.15) is 11.8 Å². The lowest BCUT2D eigenvalue weighted by atomic mass is 10.1. The number of nitrogens with zero attached hydrogens (tertiary/aromatic N) is 1. The van der Waals surface area contributed by atoms with E-state index in [-0.39, 0.29) is 16.6 Å². The second-order valence-electron chi connectivity index (χ2n) is 6.80. The molecule has 1 saturated heterocycles. The Kier molecular flexibility index (Phi) is 3.62. The summed E-state index contributed by atoms with van der Waals surface area (Å²) in [5.74, 6) is -0.715. The summed E-state index contributed by atoms with van der Waals surface area (Å²) in [6.45, 7) is 9.65. The Hall–Kier alpha value is -0.710. The quantitative estimate of drug-likeness (QED) is 0.844. The summed E-state index contributed by atoms with van der Waals surface area (Å²) >= 11 is 1.89. The number of amides is 1. The van der Waals surface area contributed by atoms with E-state index in [0.29, 0.717) is 0 Å². The van der Waals surface area contributed by atoms with Crippen LogP contribution < -0.4 is 0 Å². The smallest absolute Gasteiger partial charge is 0.307 e. The topological polar surface area (TPSA) is 57.6 Å². The van der Waals surface area contributed by atoms with Crippen LogP contribution in [0.2, 0.25) is 0 Å². The van der Waals surface area contributed by atoms with Crippen LogP contribution in [-0.4, -0.2) is 45.5 Å². The zero-order valence-corrected chi connectivity index (χ0v) is 12.9. The van der Waals surface area contributed by atoms with Crippen molar-refractivity contribution in [3.63, 3.8) is 0 Å². The maximum Gasteiger partial charge on any atom is 0.307 e. The van der Waals surface area contributed by atoms with Crippen LogP contribution in [0.1, 0.15) is 34.1 Å². The van der Waals surface area contributed by atoms with Crippen molar-refractivity contribution in [2.75, 3.05) is 18.8 Å². The average Bonchev–Trinajstić information content (AvgIpc) is 2.89. The molecule has 0 radical (unpaired) electrons. The molecule has 5 heteroatoms. The standard InChI is InChI=1S/C14H23NO3S/c1-13(2)5-6-15(7-8-19-13)11(16)9-10(12(17)18)14(9,3)4/h9-10H,5-8H2,1-4H3,(H,17,18). The van der Waals surface area contributed by atoms with Crippen molar-refractivity contribution >= 4 is 23.6 Å². The van der Waals surface area contributed by atoms with Crippen LogP contribution in [0.4, 0.5) is 0 Å². The van der Waals surface area contributed by atoms with Gasteiger partial charge in [-0.15, -0.1) is 0 Å². The molecule has 0 spiro atoms. The van der Waals surface area contributed by atoms with E-state index in [4.69, 9.17) is 0 Å². The number of hydrogen-bond acceptors (Lipinski definition) is 3. The molecule has 1 amide bonds. The summed E-state index contributed by atoms with van der Waals surface area (Å²) in [5.41, 5.74) is -0.391. The van der Waals surface area contributed by atoms with Crippen LogP contribution in [0.15, 0.2) is 0 Å². The van der Waals surface area contributed by atoms with Gasteiger partial charge in [0.15, 0.2) is 0 Å². The van der Waals surface area contributed by atoms with Crippen LogP contribution in [0.25, 0.3) is 0 Å². The van der Waals surface area contributed by atoms with Gasteiger partial charge >= 0.3 is 5.97 Å². The first kappa shape index (κ1) is 14.7. The molecular weight excluding hydrogens is 262 g/mol. The lowest BCUT2D eigenvalue weighted by molar-refractivity contribution is -0.142. The van der Waals surface area contributed by atoms with Gasteiger partial charge in [0.25, 0.3) is 0 Å². The third-order valence-electron chi connectivity index (χ3n) is 4.51. The van der Waals surface area contributed by atoms with Gasteiger partial charge in [-0.3, -0.25) is 9.59 Å². The molecule has 2 unspecified atom stereocenters. The number of carbonyl (C=O) groups excluding carboxylic acids is 1. The summed E-state index contributed by atoms with van der Waals surface area (Å²) in [6, 6.07) is 0. The summed E-state index contributed by atoms with van der Waals surface area (Å²) in [4.78, 5) is 25.6. The molecule has 2 fully saturated rings. The van der Waals surface area contributed by atoms with Crippen molar-refractivity contribution in [1.82, 2.24) is 4.90 Å². The van der Waals surface area contributed by atoms with E-state index in [1.165, 1.54) is 0 Å². The van der Waals surface area contributed by atoms with E-state index in [1.807, 2.05) is 30.5 Å². The van der Waals surface area contributed by atoms with Gasteiger partial charge in [-0.05, 0) is 11.8 Å². The van der Waals surface area contributed by atoms with E-state index in [9.17, 15) is 14.7 Å². The predicted molar refractivity (Wildman–Crippen MR) is 76.1 cm³/mol. The SMILES string of the molecule is CC1(C)CCN(C(=O)C2C(C(=O)O)C2(C)C)CCS1. The lowest BCUT2D eigenvalue weighted by Gasteiger charge is -2.23. The average molecular weight is 285 g/mol. The fourth-order valence-electron chi connectivity index (χ4n) is 3.00. The van der Waals surface area contributed by atoms with Gasteiger partial charge in [0.2, 0.25) is 5.91 Å². The van der Waals surface area contributed by atoms with Gasteiger partial charge in [0.1, 0.15) is 0 Å². The highest BCUT2D eigenvalue weighted by Crippen LogP contribution is 2.59. The molecule has 1 saturated carbocycles. The van der Waals surface area contributed by atoms with Crippen molar-refractivity contribution in [1.29, 1.82) is 0 Å². The number of aliphatic carboxylic acids is 1. The highest BCUT2D eigenvalue weighted by atomic mass is 32.2. The molecule has 0 aromatic carbocycles. The van der Waals surface area contributed by atoms with Gasteiger partial charge in [-0.1, -0.05) is 27.7 Å². The summed E-state index contributed by atoms with van der Waals surface area (Å²) < 4.78 is 0.209. The molecule has 0 bridgehead atoms. The maximum absolute atomic E-state index is 12.5. The third kappa shape index (κ3) is 2.76. The summed E-state index contributed by atoms with van der Waals surface area (Å²) in [5, 5.41) is 9.17. The second-order valence-corrected chi connectivity index (χ2v) is 8.60. The van der Waals surface area contributed by atoms with Gasteiger partial charge in [0, 0.05) is 23.6 Å². The molecule has 19 heavy (non-hydrogen) atoms. The summed E-state index contributed by atoms with van der Waals surface area (Å²) in [6.07, 6.45) is 0.967. The monoisotopic (exact) mass is 285 g/mol. The molecule has 2 rings (SSSR count). The number of carbonyl (C=O) groups is 2. The molecule has 4 nitrogen and oxygen atoms in total. The minimum absolute atomic E-state index is 0.0377. The van der Waals surface area contributed by atoms with Crippen LogP contribution in [0.3, 0.4) is 0 Å². The minimum Gasteiger partial charge on any atom is -0.481 e. The van der Waals surface area contributed by atoms with Crippen molar-refractivity contribution in [3.8, 4) is 0 Å². The Bertz CT molecular complexity index is 405. The van der Waals surface area contributed by atoms with Crippen LogP contribution in [0.5, 0.6) is 0 Å². The fraction of sp³-hybridized carbons (Fsp3) is 0.857. The molecule has 1 aliphatic heterocycles. The Morgan fingerprint density at radius 2 is 1.79 bits per heavy atom. The van der Waals surface area contributed by atoms with Crippen LogP contribution >= 0.6 is 11.8 Å². The second kappa shape index (κ2) is 4.69. The largest absolute Gasteiger partial charge is 0.481 e. The zero-order chi connectivity index (χ0) is 14.4. The van der Waals surface area contributed by atoms with E-state index < -0.39 is 17.3 Å². The van der Waals surface area contributed by atoms with Crippen molar-refractivity contribution in [2.45, 2.75) is 38.9 Å². The molecule has 1 N–H and O–H groups in total. The first-order valence-corrected chi connectivity index (χ1v) is 7.81. The van der Waals surface area contributed by atoms with Gasteiger partial charge in [-0.25, -0.2) is 0 Å². The van der Waals surface area contributed by atoms with Gasteiger partial charge < -0.3 is 10.0 Å². The van der Waals surface area contributed by atoms with E-state index in [2.05, 4.69) is 13.8 Å². The molecule has 1 aliphatic carbocycles. The molecule has 2 atom stereocenters. The molecule has 0 aromatic rings. The predicted octanol–water partition coefficient (Wildman–Crippen LogP) is 2.09. The van der Waals surface area contributed by atoms with Crippen molar-refractivity contribution in [2.24, 2.45) is 17.3 Å². The van der Waals surface area contributed by atoms with Crippen LogP contribution in [0, 0.1) is 17.3 Å². The van der Waals surface area contributed by atoms with Crippen molar-refractivity contribution in [3.05, 3.63) is 0 Å². The first-order valence-electron chi connectivity index (χ1n) is 6.82. The Morgan fingerprint density at radius 1 is 1.16 bits per heavy atom. The first-order chi connectivity index (χ1) is 8.67. The highest BCUT2D eigenvalue weighted by molar-refractivity contribution is 8.00. The van der Waals surface area contributed by atoms with Gasteiger partial charge in [0.05, 0.1) is 11.8 Å². The summed E-state index contributed by atoms with van der Waals surface area (Å²) in [7, 11) is 0. The molecule has 2 aliphatic rings. The Morgan fingerprint density at radius 3 is 2.32 bits per heavy atom. The maximum atomic E-state index is 12.5. The van der Waals surface area contributed by atoms with E-state index in [0.717, 1.165) is 25.3 Å². The van der Waals surface area contributed by atoms with Crippen molar-refractivity contribution < 1.29 is 14.7 Å². The van der Waals surface area contributed by atoms with E-state index in [1.54, 1.807) is 0 Å². The highest BCUT2D eigenvalue weighted by Gasteiger charge is 2.66. The number of carboxylic acid groups (broad SMARTS) is 1. The van der Waals surface area contributed by atoms with E-state index >= 15 is 0 Å². The molecule has 108 valence electrons.